The van der Waals surface area contributed by atoms with E-state index < -0.39 is 6.29 Å². The third-order valence-electron chi connectivity index (χ3n) is 1.84. The van der Waals surface area contributed by atoms with Crippen molar-refractivity contribution in [2.75, 3.05) is 13.2 Å². The Kier molecular flexibility index (Phi) is 3.49. The Bertz CT molecular complexity index is 149. The van der Waals surface area contributed by atoms with E-state index in [1.165, 1.54) is 6.92 Å². The second-order valence-corrected chi connectivity index (χ2v) is 2.92. The molecular formula is C8H14O4. The number of aliphatic hydroxyl groups is 1. The molecular weight excluding hydrogens is 160 g/mol. The summed E-state index contributed by atoms with van der Waals surface area (Å²) in [6, 6.07) is 0. The maximum Gasteiger partial charge on any atom is 0.311 e. The van der Waals surface area contributed by atoms with Crippen LogP contribution in [-0.2, 0) is 14.3 Å². The Morgan fingerprint density at radius 3 is 2.67 bits per heavy atom. The Labute approximate surface area is 71.5 Å². The average molecular weight is 174 g/mol. The van der Waals surface area contributed by atoms with Gasteiger partial charge in [-0.05, 0) is 19.8 Å². The molecule has 4 heteroatoms. The minimum atomic E-state index is -1.000. The summed E-state index contributed by atoms with van der Waals surface area (Å²) in [5.41, 5.74) is 0. The zero-order chi connectivity index (χ0) is 8.97. The molecule has 0 radical (unpaired) electrons. The number of hydrogen-bond acceptors (Lipinski definition) is 4. The van der Waals surface area contributed by atoms with Gasteiger partial charge in [-0.3, -0.25) is 4.79 Å². The van der Waals surface area contributed by atoms with Gasteiger partial charge < -0.3 is 14.6 Å². The Morgan fingerprint density at radius 1 is 1.58 bits per heavy atom. The van der Waals surface area contributed by atoms with Crippen molar-refractivity contribution in [2.24, 2.45) is 5.92 Å². The summed E-state index contributed by atoms with van der Waals surface area (Å²) < 4.78 is 9.74. The van der Waals surface area contributed by atoms with E-state index in [0.717, 1.165) is 0 Å². The summed E-state index contributed by atoms with van der Waals surface area (Å²) in [6.07, 6.45) is 0.400. The smallest absolute Gasteiger partial charge is 0.311 e. The molecule has 1 atom stereocenters. The molecule has 1 N–H and O–H groups in total. The number of esters is 1. The first-order chi connectivity index (χ1) is 5.70. The van der Waals surface area contributed by atoms with Crippen LogP contribution in [0.15, 0.2) is 0 Å². The molecule has 0 bridgehead atoms. The number of ether oxygens (including phenoxy) is 2. The topological polar surface area (TPSA) is 55.8 Å². The third kappa shape index (κ3) is 2.79. The lowest BCUT2D eigenvalue weighted by Gasteiger charge is -2.20. The first kappa shape index (κ1) is 9.48. The number of aliphatic hydroxyl groups excluding tert-OH is 1. The van der Waals surface area contributed by atoms with E-state index in [2.05, 4.69) is 4.74 Å². The van der Waals surface area contributed by atoms with Gasteiger partial charge in [-0.15, -0.1) is 0 Å². The minimum absolute atomic E-state index is 0.0895. The van der Waals surface area contributed by atoms with E-state index in [-0.39, 0.29) is 11.9 Å². The summed E-state index contributed by atoms with van der Waals surface area (Å²) in [4.78, 5) is 11.2. The molecule has 0 saturated carbocycles. The van der Waals surface area contributed by atoms with Crippen LogP contribution < -0.4 is 0 Å². The van der Waals surface area contributed by atoms with Gasteiger partial charge in [0.15, 0.2) is 6.29 Å². The van der Waals surface area contributed by atoms with Crippen molar-refractivity contribution in [3.63, 3.8) is 0 Å². The Balaban J connectivity index is 2.30. The van der Waals surface area contributed by atoms with Crippen LogP contribution in [-0.4, -0.2) is 30.6 Å². The molecule has 1 unspecified atom stereocenters. The van der Waals surface area contributed by atoms with E-state index in [9.17, 15) is 4.79 Å². The van der Waals surface area contributed by atoms with Crippen LogP contribution in [0.2, 0.25) is 0 Å². The van der Waals surface area contributed by atoms with Gasteiger partial charge >= 0.3 is 5.97 Å². The van der Waals surface area contributed by atoms with E-state index in [0.29, 0.717) is 26.1 Å². The molecule has 0 aromatic heterocycles. The summed E-state index contributed by atoms with van der Waals surface area (Å²) in [6.45, 7) is 2.65. The monoisotopic (exact) mass is 174 g/mol. The molecule has 1 fully saturated rings. The van der Waals surface area contributed by atoms with Gasteiger partial charge in [0.25, 0.3) is 0 Å². The van der Waals surface area contributed by atoms with Crippen molar-refractivity contribution in [3.05, 3.63) is 0 Å². The molecule has 1 rings (SSSR count). The Hall–Kier alpha value is -0.610. The van der Waals surface area contributed by atoms with Gasteiger partial charge in [0.2, 0.25) is 0 Å². The molecule has 0 aromatic carbocycles. The zero-order valence-corrected chi connectivity index (χ0v) is 7.16. The summed E-state index contributed by atoms with van der Waals surface area (Å²) in [5.74, 6) is -0.401. The highest BCUT2D eigenvalue weighted by atomic mass is 16.6. The quantitative estimate of drug-likeness (QED) is 0.483. The molecule has 0 aliphatic carbocycles. The van der Waals surface area contributed by atoms with E-state index in [1.54, 1.807) is 0 Å². The van der Waals surface area contributed by atoms with Gasteiger partial charge in [0, 0.05) is 13.2 Å². The van der Waals surface area contributed by atoms with Gasteiger partial charge in [0.1, 0.15) is 0 Å². The maximum atomic E-state index is 11.2. The predicted octanol–water partition coefficient (Wildman–Crippen LogP) is 0.294. The molecule has 1 aliphatic heterocycles. The molecule has 0 amide bonds. The average Bonchev–Trinajstić information content (AvgIpc) is 2.05. The van der Waals surface area contributed by atoms with Crippen LogP contribution >= 0.6 is 0 Å². The fraction of sp³-hybridized carbons (Fsp3) is 0.875. The van der Waals surface area contributed by atoms with Crippen LogP contribution in [0.1, 0.15) is 19.8 Å². The van der Waals surface area contributed by atoms with Crippen LogP contribution in [0.4, 0.5) is 0 Å². The van der Waals surface area contributed by atoms with Crippen LogP contribution in [0.5, 0.6) is 0 Å². The molecule has 4 nitrogen and oxygen atoms in total. The van der Waals surface area contributed by atoms with E-state index >= 15 is 0 Å². The molecule has 0 spiro atoms. The van der Waals surface area contributed by atoms with Gasteiger partial charge in [0.05, 0.1) is 5.92 Å². The molecule has 70 valence electrons. The van der Waals surface area contributed by atoms with E-state index in [1.807, 2.05) is 0 Å². The number of carbonyl (C=O) groups is 1. The highest BCUT2D eigenvalue weighted by molar-refractivity contribution is 5.72. The van der Waals surface area contributed by atoms with Crippen LogP contribution in [0.25, 0.3) is 0 Å². The number of rotatable bonds is 2. The largest absolute Gasteiger partial charge is 0.436 e. The first-order valence-corrected chi connectivity index (χ1v) is 4.16. The van der Waals surface area contributed by atoms with Crippen LogP contribution in [0.3, 0.4) is 0 Å². The van der Waals surface area contributed by atoms with Gasteiger partial charge in [-0.2, -0.15) is 0 Å². The lowest BCUT2D eigenvalue weighted by atomic mass is 10.0. The molecule has 1 heterocycles. The maximum absolute atomic E-state index is 11.2. The molecule has 1 saturated heterocycles. The number of carbonyl (C=O) groups excluding carboxylic acids is 1. The van der Waals surface area contributed by atoms with Crippen molar-refractivity contribution in [2.45, 2.75) is 26.1 Å². The third-order valence-corrected chi connectivity index (χ3v) is 1.84. The lowest BCUT2D eigenvalue weighted by molar-refractivity contribution is -0.172. The first-order valence-electron chi connectivity index (χ1n) is 4.16. The van der Waals surface area contributed by atoms with Gasteiger partial charge in [-0.25, -0.2) is 0 Å². The summed E-state index contributed by atoms with van der Waals surface area (Å²) in [5, 5.41) is 8.78. The highest BCUT2D eigenvalue weighted by Crippen LogP contribution is 2.16. The summed E-state index contributed by atoms with van der Waals surface area (Å²) >= 11 is 0. The summed E-state index contributed by atoms with van der Waals surface area (Å²) in [7, 11) is 0. The molecule has 12 heavy (non-hydrogen) atoms. The highest BCUT2D eigenvalue weighted by Gasteiger charge is 2.23. The second kappa shape index (κ2) is 4.42. The standard InChI is InChI=1S/C8H14O4/c1-6(9)12-8(10)7-2-4-11-5-3-7/h6-7,9H,2-5H2,1H3. The van der Waals surface area contributed by atoms with Crippen LogP contribution in [0, 0.1) is 5.92 Å². The van der Waals surface area contributed by atoms with Crippen molar-refractivity contribution in [3.8, 4) is 0 Å². The van der Waals surface area contributed by atoms with Crippen molar-refractivity contribution in [1.82, 2.24) is 0 Å². The van der Waals surface area contributed by atoms with Crippen molar-refractivity contribution >= 4 is 5.97 Å². The Morgan fingerprint density at radius 2 is 2.17 bits per heavy atom. The normalized spacial score (nSPS) is 21.8. The number of hydrogen-bond donors (Lipinski definition) is 1. The molecule has 1 aliphatic rings. The fourth-order valence-corrected chi connectivity index (χ4v) is 1.20. The van der Waals surface area contributed by atoms with E-state index in [4.69, 9.17) is 9.84 Å². The van der Waals surface area contributed by atoms with Gasteiger partial charge in [-0.1, -0.05) is 0 Å². The van der Waals surface area contributed by atoms with Crippen molar-refractivity contribution in [1.29, 1.82) is 0 Å². The lowest BCUT2D eigenvalue weighted by Crippen LogP contribution is -2.27. The predicted molar refractivity (Wildman–Crippen MR) is 41.3 cm³/mol. The fourth-order valence-electron chi connectivity index (χ4n) is 1.20. The second-order valence-electron chi connectivity index (χ2n) is 2.92. The van der Waals surface area contributed by atoms with Crippen molar-refractivity contribution < 1.29 is 19.4 Å². The SMILES string of the molecule is CC(O)OC(=O)C1CCOCC1. The zero-order valence-electron chi connectivity index (χ0n) is 7.16. The molecule has 0 aromatic rings. The minimum Gasteiger partial charge on any atom is -0.436 e.